The van der Waals surface area contributed by atoms with E-state index >= 15 is 0 Å². The Kier molecular flexibility index (Phi) is 4.76. The van der Waals surface area contributed by atoms with Crippen molar-refractivity contribution in [2.24, 2.45) is 7.05 Å². The zero-order valence-corrected chi connectivity index (χ0v) is 17.2. The van der Waals surface area contributed by atoms with Crippen LogP contribution >= 0.6 is 11.6 Å². The smallest absolute Gasteiger partial charge is 0.361 e. The SMILES string of the molecule is Cn1ccc(-c2nc(N)c(C(=O)OC3COC3)nc2-c2cc(Cl)c3ncccc3c2)n1. The Bertz CT molecular complexity index is 1320. The summed E-state index contributed by atoms with van der Waals surface area (Å²) in [6, 6.07) is 9.13. The van der Waals surface area contributed by atoms with E-state index in [9.17, 15) is 4.79 Å². The summed E-state index contributed by atoms with van der Waals surface area (Å²) in [5, 5.41) is 5.70. The monoisotopic (exact) mass is 436 g/mol. The molecule has 0 radical (unpaired) electrons. The number of benzene rings is 1. The molecule has 0 amide bonds. The van der Waals surface area contributed by atoms with Crippen LogP contribution in [0.5, 0.6) is 0 Å². The Morgan fingerprint density at radius 3 is 2.81 bits per heavy atom. The van der Waals surface area contributed by atoms with Gasteiger partial charge in [-0.25, -0.2) is 14.8 Å². The molecule has 0 bridgehead atoms. The van der Waals surface area contributed by atoms with E-state index in [2.05, 4.69) is 20.1 Å². The van der Waals surface area contributed by atoms with Gasteiger partial charge < -0.3 is 15.2 Å². The lowest BCUT2D eigenvalue weighted by atomic mass is 10.0. The molecule has 3 aromatic heterocycles. The van der Waals surface area contributed by atoms with E-state index < -0.39 is 5.97 Å². The Morgan fingerprint density at radius 1 is 1.26 bits per heavy atom. The molecule has 1 saturated heterocycles. The van der Waals surface area contributed by atoms with Gasteiger partial charge in [0.25, 0.3) is 0 Å². The summed E-state index contributed by atoms with van der Waals surface area (Å²) in [6.45, 7) is 0.705. The zero-order chi connectivity index (χ0) is 21.5. The molecule has 31 heavy (non-hydrogen) atoms. The highest BCUT2D eigenvalue weighted by Crippen LogP contribution is 2.34. The summed E-state index contributed by atoms with van der Waals surface area (Å²) >= 11 is 6.48. The number of carbonyl (C=O) groups excluding carboxylic acids is 1. The largest absolute Gasteiger partial charge is 0.453 e. The molecule has 4 aromatic rings. The van der Waals surface area contributed by atoms with Gasteiger partial charge in [0.2, 0.25) is 0 Å². The molecule has 0 aliphatic carbocycles. The van der Waals surface area contributed by atoms with Gasteiger partial charge in [0.15, 0.2) is 11.5 Å². The summed E-state index contributed by atoms with van der Waals surface area (Å²) in [7, 11) is 1.80. The highest BCUT2D eigenvalue weighted by atomic mass is 35.5. The van der Waals surface area contributed by atoms with E-state index in [1.807, 2.05) is 18.2 Å². The molecular weight excluding hydrogens is 420 g/mol. The first-order valence-corrected chi connectivity index (χ1v) is 9.88. The Balaban J connectivity index is 1.69. The molecule has 1 fully saturated rings. The van der Waals surface area contributed by atoms with E-state index in [1.165, 1.54) is 0 Å². The fourth-order valence-corrected chi connectivity index (χ4v) is 3.57. The number of rotatable bonds is 4. The average molecular weight is 437 g/mol. The van der Waals surface area contributed by atoms with Crippen molar-refractivity contribution in [1.29, 1.82) is 0 Å². The summed E-state index contributed by atoms with van der Waals surface area (Å²) < 4.78 is 12.1. The van der Waals surface area contributed by atoms with Crippen molar-refractivity contribution in [3.8, 4) is 22.6 Å². The van der Waals surface area contributed by atoms with E-state index in [1.54, 1.807) is 36.3 Å². The number of nitrogens with zero attached hydrogens (tertiary/aromatic N) is 5. The minimum Gasteiger partial charge on any atom is -0.453 e. The molecule has 156 valence electrons. The number of esters is 1. The van der Waals surface area contributed by atoms with Crippen LogP contribution in [0.3, 0.4) is 0 Å². The minimum absolute atomic E-state index is 0.0387. The molecule has 9 nitrogen and oxygen atoms in total. The van der Waals surface area contributed by atoms with Crippen LogP contribution in [-0.2, 0) is 16.5 Å². The standard InChI is InChI=1S/C21H17ClN6O3/c1-28-6-4-15(27-28)18-17(12-7-11-3-2-5-24-16(11)14(22)8-12)25-19(20(23)26-18)21(29)31-13-9-30-10-13/h2-8,13H,9-10H2,1H3,(H2,23,26). The van der Waals surface area contributed by atoms with Crippen LogP contribution in [0.4, 0.5) is 5.82 Å². The Morgan fingerprint density at radius 2 is 2.10 bits per heavy atom. The maximum Gasteiger partial charge on any atom is 0.361 e. The number of carbonyl (C=O) groups is 1. The number of nitrogen functional groups attached to an aromatic ring is 1. The van der Waals surface area contributed by atoms with E-state index in [0.29, 0.717) is 46.4 Å². The van der Waals surface area contributed by atoms with Crippen LogP contribution in [0.2, 0.25) is 5.02 Å². The summed E-state index contributed by atoms with van der Waals surface area (Å²) in [5.74, 6) is -0.691. The predicted molar refractivity (Wildman–Crippen MR) is 114 cm³/mol. The molecule has 1 aliphatic rings. The van der Waals surface area contributed by atoms with Crippen LogP contribution in [0.1, 0.15) is 10.5 Å². The predicted octanol–water partition coefficient (Wildman–Crippen LogP) is 2.88. The third kappa shape index (κ3) is 3.58. The minimum atomic E-state index is -0.652. The maximum absolute atomic E-state index is 12.7. The quantitative estimate of drug-likeness (QED) is 0.485. The lowest BCUT2D eigenvalue weighted by Gasteiger charge is -2.25. The first-order valence-electron chi connectivity index (χ1n) is 9.50. The van der Waals surface area contributed by atoms with Crippen LogP contribution in [0.15, 0.2) is 42.7 Å². The molecule has 10 heteroatoms. The number of halogens is 1. The molecule has 0 unspecified atom stereocenters. The number of anilines is 1. The van der Waals surface area contributed by atoms with Crippen LogP contribution in [0, 0.1) is 0 Å². The van der Waals surface area contributed by atoms with Crippen LogP contribution in [-0.4, -0.2) is 50.0 Å². The van der Waals surface area contributed by atoms with Gasteiger partial charge in [0.1, 0.15) is 17.5 Å². The number of hydrogen-bond acceptors (Lipinski definition) is 8. The third-order valence-corrected chi connectivity index (χ3v) is 5.17. The number of aromatic nitrogens is 5. The maximum atomic E-state index is 12.7. The van der Waals surface area contributed by atoms with Crippen molar-refractivity contribution in [1.82, 2.24) is 24.7 Å². The van der Waals surface area contributed by atoms with Crippen molar-refractivity contribution in [2.75, 3.05) is 18.9 Å². The number of fused-ring (bicyclic) bond motifs is 1. The number of hydrogen-bond donors (Lipinski definition) is 1. The number of ether oxygens (including phenoxy) is 2. The van der Waals surface area contributed by atoms with Gasteiger partial charge >= 0.3 is 5.97 Å². The van der Waals surface area contributed by atoms with Crippen molar-refractivity contribution in [3.63, 3.8) is 0 Å². The second-order valence-electron chi connectivity index (χ2n) is 7.13. The fourth-order valence-electron chi connectivity index (χ4n) is 3.29. The van der Waals surface area contributed by atoms with Crippen molar-refractivity contribution >= 4 is 34.3 Å². The second kappa shape index (κ2) is 7.60. The zero-order valence-electron chi connectivity index (χ0n) is 16.4. The first-order chi connectivity index (χ1) is 15.0. The molecule has 0 spiro atoms. The molecule has 1 aromatic carbocycles. The van der Waals surface area contributed by atoms with Crippen LogP contribution < -0.4 is 5.73 Å². The second-order valence-corrected chi connectivity index (χ2v) is 7.53. The van der Waals surface area contributed by atoms with E-state index in [4.69, 9.17) is 26.8 Å². The van der Waals surface area contributed by atoms with Crippen molar-refractivity contribution < 1.29 is 14.3 Å². The Labute approximate surface area is 181 Å². The van der Waals surface area contributed by atoms with Crippen molar-refractivity contribution in [3.05, 3.63) is 53.4 Å². The topological polar surface area (TPSA) is 118 Å². The molecule has 0 saturated carbocycles. The number of aryl methyl sites for hydroxylation is 1. The lowest BCUT2D eigenvalue weighted by Crippen LogP contribution is -2.38. The first kappa shape index (κ1) is 19.4. The van der Waals surface area contributed by atoms with Gasteiger partial charge in [-0.2, -0.15) is 5.10 Å². The molecule has 4 heterocycles. The third-order valence-electron chi connectivity index (χ3n) is 4.89. The van der Waals surface area contributed by atoms with Gasteiger partial charge in [0.05, 0.1) is 29.4 Å². The normalized spacial score (nSPS) is 13.9. The van der Waals surface area contributed by atoms with Crippen molar-refractivity contribution in [2.45, 2.75) is 6.10 Å². The van der Waals surface area contributed by atoms with E-state index in [-0.39, 0.29) is 17.6 Å². The number of nitrogens with two attached hydrogens (primary N) is 1. The Hall–Kier alpha value is -3.56. The molecule has 2 N–H and O–H groups in total. The summed E-state index contributed by atoms with van der Waals surface area (Å²) in [4.78, 5) is 26.0. The average Bonchev–Trinajstić information content (AvgIpc) is 3.16. The van der Waals surface area contributed by atoms with E-state index in [0.717, 1.165) is 5.39 Å². The molecular formula is C21H17ClN6O3. The number of pyridine rings is 1. The molecule has 0 atom stereocenters. The fraction of sp³-hybridized carbons (Fsp3) is 0.190. The highest BCUT2D eigenvalue weighted by molar-refractivity contribution is 6.35. The van der Waals surface area contributed by atoms with Gasteiger partial charge in [-0.15, -0.1) is 0 Å². The molecule has 5 rings (SSSR count). The highest BCUT2D eigenvalue weighted by Gasteiger charge is 2.27. The summed E-state index contributed by atoms with van der Waals surface area (Å²) in [5.41, 5.74) is 8.75. The van der Waals surface area contributed by atoms with Gasteiger partial charge in [-0.05, 0) is 24.3 Å². The van der Waals surface area contributed by atoms with Gasteiger partial charge in [-0.1, -0.05) is 17.7 Å². The summed E-state index contributed by atoms with van der Waals surface area (Å²) in [6.07, 6.45) is 3.15. The van der Waals surface area contributed by atoms with Crippen LogP contribution in [0.25, 0.3) is 33.5 Å². The molecule has 1 aliphatic heterocycles. The van der Waals surface area contributed by atoms with Gasteiger partial charge in [-0.3, -0.25) is 9.67 Å². The lowest BCUT2D eigenvalue weighted by molar-refractivity contribution is -0.103. The van der Waals surface area contributed by atoms with Gasteiger partial charge in [0, 0.05) is 30.4 Å².